The molecule has 1 rings (SSSR count). The Morgan fingerprint density at radius 1 is 1.25 bits per heavy atom. The van der Waals surface area contributed by atoms with Crippen LogP contribution in [0.5, 0.6) is 0 Å². The van der Waals surface area contributed by atoms with Crippen LogP contribution in [-0.2, 0) is 6.42 Å². The van der Waals surface area contributed by atoms with E-state index >= 15 is 0 Å². The van der Waals surface area contributed by atoms with Gasteiger partial charge in [0.15, 0.2) is 0 Å². The normalized spacial score (nSPS) is 11.9. The molecule has 110 valence electrons. The second-order valence-electron chi connectivity index (χ2n) is 5.16. The van der Waals surface area contributed by atoms with E-state index in [1.807, 2.05) is 24.3 Å². The van der Waals surface area contributed by atoms with Gasteiger partial charge in [0.1, 0.15) is 5.84 Å². The fourth-order valence-corrected chi connectivity index (χ4v) is 1.94. The Kier molecular flexibility index (Phi) is 6.77. The number of amidine groups is 1. The van der Waals surface area contributed by atoms with Gasteiger partial charge in [-0.2, -0.15) is 0 Å². The molecule has 4 heteroatoms. The highest BCUT2D eigenvalue weighted by Crippen LogP contribution is 2.10. The number of benzene rings is 1. The molecule has 0 aliphatic rings. The molecular formula is C16H25N3O. The lowest BCUT2D eigenvalue weighted by Gasteiger charge is -2.12. The lowest BCUT2D eigenvalue weighted by atomic mass is 10.0. The van der Waals surface area contributed by atoms with Crippen molar-refractivity contribution in [3.8, 4) is 0 Å². The first-order valence-corrected chi connectivity index (χ1v) is 7.28. The van der Waals surface area contributed by atoms with Crippen molar-refractivity contribution in [1.29, 1.82) is 5.41 Å². The molecule has 0 bridgehead atoms. The predicted octanol–water partition coefficient (Wildman–Crippen LogP) is 2.86. The molecule has 0 aliphatic heterocycles. The van der Waals surface area contributed by atoms with Gasteiger partial charge in [-0.1, -0.05) is 38.3 Å². The van der Waals surface area contributed by atoms with E-state index in [1.54, 1.807) is 6.92 Å². The molecule has 4 N–H and O–H groups in total. The van der Waals surface area contributed by atoms with Crippen LogP contribution in [0.4, 0.5) is 0 Å². The summed E-state index contributed by atoms with van der Waals surface area (Å²) in [5, 5.41) is 9.95. The van der Waals surface area contributed by atoms with Crippen LogP contribution in [0, 0.1) is 5.41 Å². The number of hydrogen-bond donors (Lipinski definition) is 3. The zero-order chi connectivity index (χ0) is 15.0. The van der Waals surface area contributed by atoms with E-state index in [4.69, 9.17) is 11.1 Å². The third-order valence-corrected chi connectivity index (χ3v) is 3.35. The Morgan fingerprint density at radius 2 is 1.90 bits per heavy atom. The zero-order valence-electron chi connectivity index (χ0n) is 12.4. The summed E-state index contributed by atoms with van der Waals surface area (Å²) in [5.41, 5.74) is 7.20. The second-order valence-corrected chi connectivity index (χ2v) is 5.16. The maximum Gasteiger partial charge on any atom is 0.251 e. The molecular weight excluding hydrogens is 250 g/mol. The smallest absolute Gasteiger partial charge is 0.251 e. The van der Waals surface area contributed by atoms with E-state index < -0.39 is 6.04 Å². The molecule has 0 heterocycles. The lowest BCUT2D eigenvalue weighted by molar-refractivity contribution is 0.0949. The lowest BCUT2D eigenvalue weighted by Crippen LogP contribution is -2.41. The summed E-state index contributed by atoms with van der Waals surface area (Å²) >= 11 is 0. The van der Waals surface area contributed by atoms with Crippen LogP contribution in [-0.4, -0.2) is 17.8 Å². The van der Waals surface area contributed by atoms with E-state index in [-0.39, 0.29) is 11.7 Å². The molecule has 0 aliphatic carbocycles. The molecule has 1 aromatic rings. The maximum atomic E-state index is 11.9. The summed E-state index contributed by atoms with van der Waals surface area (Å²) in [5.74, 6) is -0.226. The average molecular weight is 275 g/mol. The minimum absolute atomic E-state index is 0.0362. The van der Waals surface area contributed by atoms with Crippen molar-refractivity contribution in [3.63, 3.8) is 0 Å². The van der Waals surface area contributed by atoms with Gasteiger partial charge >= 0.3 is 0 Å². The van der Waals surface area contributed by atoms with Gasteiger partial charge in [-0.05, 0) is 37.5 Å². The largest absolute Gasteiger partial charge is 0.386 e. The summed E-state index contributed by atoms with van der Waals surface area (Å²) in [6.07, 6.45) is 6.04. The van der Waals surface area contributed by atoms with Crippen molar-refractivity contribution >= 4 is 11.7 Å². The molecule has 0 saturated heterocycles. The Hall–Kier alpha value is -1.84. The van der Waals surface area contributed by atoms with Crippen LogP contribution in [0.25, 0.3) is 0 Å². The molecule has 0 saturated carbocycles. The molecule has 0 spiro atoms. The van der Waals surface area contributed by atoms with E-state index in [0.29, 0.717) is 5.56 Å². The zero-order valence-corrected chi connectivity index (χ0v) is 12.4. The third kappa shape index (κ3) is 5.43. The summed E-state index contributed by atoms with van der Waals surface area (Å²) in [7, 11) is 0. The molecule has 1 atom stereocenters. The van der Waals surface area contributed by atoms with E-state index in [0.717, 1.165) is 6.42 Å². The quantitative estimate of drug-likeness (QED) is 0.387. The third-order valence-electron chi connectivity index (χ3n) is 3.35. The average Bonchev–Trinajstić information content (AvgIpc) is 2.44. The van der Waals surface area contributed by atoms with Crippen molar-refractivity contribution in [2.24, 2.45) is 5.73 Å². The second kappa shape index (κ2) is 8.35. The number of rotatable bonds is 8. The van der Waals surface area contributed by atoms with Gasteiger partial charge in [0.25, 0.3) is 5.91 Å². The van der Waals surface area contributed by atoms with Crippen LogP contribution >= 0.6 is 0 Å². The number of amides is 1. The predicted molar refractivity (Wildman–Crippen MR) is 83.1 cm³/mol. The summed E-state index contributed by atoms with van der Waals surface area (Å²) in [4.78, 5) is 11.9. The van der Waals surface area contributed by atoms with E-state index in [2.05, 4.69) is 12.2 Å². The molecule has 0 unspecified atom stereocenters. The van der Waals surface area contributed by atoms with Crippen LogP contribution in [0.15, 0.2) is 24.3 Å². The van der Waals surface area contributed by atoms with Gasteiger partial charge in [0.2, 0.25) is 0 Å². The Balaban J connectivity index is 2.49. The van der Waals surface area contributed by atoms with Gasteiger partial charge in [-0.3, -0.25) is 10.2 Å². The van der Waals surface area contributed by atoms with Gasteiger partial charge in [0.05, 0.1) is 6.04 Å². The van der Waals surface area contributed by atoms with Crippen molar-refractivity contribution in [2.45, 2.75) is 52.0 Å². The van der Waals surface area contributed by atoms with Crippen LogP contribution < -0.4 is 11.1 Å². The van der Waals surface area contributed by atoms with Gasteiger partial charge in [-0.25, -0.2) is 0 Å². The monoisotopic (exact) mass is 275 g/mol. The van der Waals surface area contributed by atoms with Crippen molar-refractivity contribution < 1.29 is 4.79 Å². The first kappa shape index (κ1) is 16.2. The van der Waals surface area contributed by atoms with E-state index in [1.165, 1.54) is 31.2 Å². The first-order valence-electron chi connectivity index (χ1n) is 7.28. The standard InChI is InChI=1S/C16H25N3O/c1-3-4-5-6-7-13-8-10-14(11-9-13)16(20)19-12(2)15(17)18/h8-12H,3-7H2,1-2H3,(H3,17,18)(H,19,20)/t12-/m1/s1. The number of aryl methyl sites for hydroxylation is 1. The van der Waals surface area contributed by atoms with E-state index in [9.17, 15) is 4.79 Å². The maximum absolute atomic E-state index is 11.9. The first-order chi connectivity index (χ1) is 9.54. The number of nitrogens with two attached hydrogens (primary N) is 1. The molecule has 0 aromatic heterocycles. The number of nitrogens with one attached hydrogen (secondary N) is 2. The molecule has 1 amide bonds. The number of carbonyl (C=O) groups excluding carboxylic acids is 1. The Bertz CT molecular complexity index is 440. The molecule has 20 heavy (non-hydrogen) atoms. The molecule has 4 nitrogen and oxygen atoms in total. The molecule has 0 fully saturated rings. The topological polar surface area (TPSA) is 79.0 Å². The van der Waals surface area contributed by atoms with Crippen LogP contribution in [0.2, 0.25) is 0 Å². The minimum Gasteiger partial charge on any atom is -0.386 e. The van der Waals surface area contributed by atoms with Gasteiger partial charge in [-0.15, -0.1) is 0 Å². The Morgan fingerprint density at radius 3 is 2.45 bits per heavy atom. The molecule has 1 aromatic carbocycles. The molecule has 0 radical (unpaired) electrons. The van der Waals surface area contributed by atoms with Crippen molar-refractivity contribution in [1.82, 2.24) is 5.32 Å². The number of hydrogen-bond acceptors (Lipinski definition) is 2. The van der Waals surface area contributed by atoms with Crippen molar-refractivity contribution in [2.75, 3.05) is 0 Å². The van der Waals surface area contributed by atoms with Gasteiger partial charge < -0.3 is 11.1 Å². The fraction of sp³-hybridized carbons (Fsp3) is 0.500. The summed E-state index contributed by atoms with van der Waals surface area (Å²) in [6.45, 7) is 3.90. The summed E-state index contributed by atoms with van der Waals surface area (Å²) < 4.78 is 0. The number of unbranched alkanes of at least 4 members (excludes halogenated alkanes) is 3. The highest BCUT2D eigenvalue weighted by atomic mass is 16.1. The van der Waals surface area contributed by atoms with Crippen molar-refractivity contribution in [3.05, 3.63) is 35.4 Å². The van der Waals surface area contributed by atoms with Gasteiger partial charge in [0, 0.05) is 5.56 Å². The SMILES string of the molecule is CCCCCCc1ccc(C(=O)N[C@H](C)C(=N)N)cc1. The minimum atomic E-state index is -0.434. The fourth-order valence-electron chi connectivity index (χ4n) is 1.94. The van der Waals surface area contributed by atoms with Crippen LogP contribution in [0.3, 0.4) is 0 Å². The highest BCUT2D eigenvalue weighted by Gasteiger charge is 2.11. The number of carbonyl (C=O) groups is 1. The summed E-state index contributed by atoms with van der Waals surface area (Å²) in [6, 6.07) is 7.23. The highest BCUT2D eigenvalue weighted by molar-refractivity contribution is 5.97. The van der Waals surface area contributed by atoms with Crippen LogP contribution in [0.1, 0.15) is 55.5 Å². The Labute approximate surface area is 121 Å².